The molecule has 2 fully saturated rings. The molecular formula is C22H24ClN3O6S. The van der Waals surface area contributed by atoms with Crippen LogP contribution in [0.5, 0.6) is 0 Å². The lowest BCUT2D eigenvalue weighted by Gasteiger charge is -2.34. The summed E-state index contributed by atoms with van der Waals surface area (Å²) in [6.45, 7) is 4.62. The number of anilines is 2. The predicted octanol–water partition coefficient (Wildman–Crippen LogP) is 3.35. The predicted molar refractivity (Wildman–Crippen MR) is 123 cm³/mol. The largest absolute Gasteiger partial charge is 0.447 e. The number of carbonyl (C=O) groups excluding carboxylic acids is 2. The number of cyclic esters (lactones) is 1. The first kappa shape index (κ1) is 23.5. The standard InChI is InChI=1S/C22H24ClN3O6S/c1-14-12-25(13-15(2)32-14)33(29,30)20-11-16(7-8-17(20)23)21(27)24-18-5-3-4-6-19(18)26-9-10-31-22(26)28/h3-8,11,14-15H,9-10,12-13H2,1-2H3,(H,24,27). The van der Waals surface area contributed by atoms with E-state index in [1.807, 2.05) is 0 Å². The Labute approximate surface area is 197 Å². The second-order valence-corrected chi connectivity index (χ2v) is 10.3. The SMILES string of the molecule is CC1CN(S(=O)(=O)c2cc(C(=O)Nc3ccccc3N3CCOC3=O)ccc2Cl)CC(C)O1. The first-order valence-corrected chi connectivity index (χ1v) is 12.3. The molecule has 2 heterocycles. The molecule has 1 N–H and O–H groups in total. The number of halogens is 1. The summed E-state index contributed by atoms with van der Waals surface area (Å²) in [5, 5.41) is 2.78. The molecule has 33 heavy (non-hydrogen) atoms. The fraction of sp³-hybridized carbons (Fsp3) is 0.364. The van der Waals surface area contributed by atoms with Gasteiger partial charge in [-0.1, -0.05) is 23.7 Å². The second-order valence-electron chi connectivity index (χ2n) is 7.96. The van der Waals surface area contributed by atoms with Crippen LogP contribution in [-0.4, -0.2) is 63.2 Å². The lowest BCUT2D eigenvalue weighted by molar-refractivity contribution is -0.0440. The van der Waals surface area contributed by atoms with Gasteiger partial charge in [-0.2, -0.15) is 4.31 Å². The quantitative estimate of drug-likeness (QED) is 0.684. The van der Waals surface area contributed by atoms with E-state index in [9.17, 15) is 18.0 Å². The van der Waals surface area contributed by atoms with Crippen LogP contribution >= 0.6 is 11.6 Å². The van der Waals surface area contributed by atoms with E-state index in [2.05, 4.69) is 5.32 Å². The number of nitrogens with one attached hydrogen (secondary N) is 1. The topological polar surface area (TPSA) is 105 Å². The smallest absolute Gasteiger partial charge is 0.414 e. The van der Waals surface area contributed by atoms with Crippen molar-refractivity contribution in [3.8, 4) is 0 Å². The normalized spacial score (nSPS) is 21.7. The molecule has 2 aliphatic rings. The van der Waals surface area contributed by atoms with E-state index in [1.54, 1.807) is 38.1 Å². The summed E-state index contributed by atoms with van der Waals surface area (Å²) >= 11 is 6.24. The van der Waals surface area contributed by atoms with Gasteiger partial charge in [-0.05, 0) is 44.2 Å². The fourth-order valence-electron chi connectivity index (χ4n) is 3.93. The molecule has 0 saturated carbocycles. The Bertz CT molecular complexity index is 1180. The Balaban J connectivity index is 1.61. The number of hydrogen-bond donors (Lipinski definition) is 1. The van der Waals surface area contributed by atoms with Gasteiger partial charge in [0.15, 0.2) is 0 Å². The maximum atomic E-state index is 13.3. The third kappa shape index (κ3) is 4.84. The third-order valence-corrected chi connectivity index (χ3v) is 7.71. The number of benzene rings is 2. The molecule has 2 aliphatic heterocycles. The van der Waals surface area contributed by atoms with Crippen molar-refractivity contribution in [1.82, 2.24) is 4.31 Å². The summed E-state index contributed by atoms with van der Waals surface area (Å²) in [6.07, 6.45) is -1.02. The highest BCUT2D eigenvalue weighted by atomic mass is 35.5. The number of para-hydroxylation sites is 2. The van der Waals surface area contributed by atoms with E-state index in [-0.39, 0.29) is 47.4 Å². The van der Waals surface area contributed by atoms with Crippen LogP contribution in [0.4, 0.5) is 16.2 Å². The molecule has 0 bridgehead atoms. The van der Waals surface area contributed by atoms with E-state index in [0.29, 0.717) is 17.9 Å². The lowest BCUT2D eigenvalue weighted by Crippen LogP contribution is -2.48. The van der Waals surface area contributed by atoms with Crippen molar-refractivity contribution >= 4 is 45.0 Å². The molecule has 0 aliphatic carbocycles. The molecule has 0 radical (unpaired) electrons. The second kappa shape index (κ2) is 9.30. The van der Waals surface area contributed by atoms with Crippen molar-refractivity contribution < 1.29 is 27.5 Å². The van der Waals surface area contributed by atoms with Gasteiger partial charge in [-0.25, -0.2) is 13.2 Å². The van der Waals surface area contributed by atoms with Crippen molar-refractivity contribution in [3.63, 3.8) is 0 Å². The van der Waals surface area contributed by atoms with E-state index < -0.39 is 22.0 Å². The number of ether oxygens (including phenoxy) is 2. The Morgan fingerprint density at radius 3 is 2.48 bits per heavy atom. The Morgan fingerprint density at radius 2 is 1.82 bits per heavy atom. The van der Waals surface area contributed by atoms with Crippen LogP contribution < -0.4 is 10.2 Å². The molecule has 2 aromatic carbocycles. The number of amides is 2. The highest BCUT2D eigenvalue weighted by molar-refractivity contribution is 7.89. The minimum Gasteiger partial charge on any atom is -0.447 e. The number of carbonyl (C=O) groups is 2. The zero-order valence-electron chi connectivity index (χ0n) is 18.2. The molecular weight excluding hydrogens is 470 g/mol. The molecule has 4 rings (SSSR count). The number of rotatable bonds is 5. The van der Waals surface area contributed by atoms with Crippen LogP contribution in [0.15, 0.2) is 47.4 Å². The van der Waals surface area contributed by atoms with Crippen LogP contribution in [0.25, 0.3) is 0 Å². The van der Waals surface area contributed by atoms with Crippen molar-refractivity contribution in [2.75, 3.05) is 36.5 Å². The zero-order chi connectivity index (χ0) is 23.8. The summed E-state index contributed by atoms with van der Waals surface area (Å²) in [4.78, 5) is 26.3. The van der Waals surface area contributed by atoms with Crippen molar-refractivity contribution in [1.29, 1.82) is 0 Å². The van der Waals surface area contributed by atoms with Crippen molar-refractivity contribution in [2.24, 2.45) is 0 Å². The van der Waals surface area contributed by atoms with Gasteiger partial charge >= 0.3 is 6.09 Å². The molecule has 2 saturated heterocycles. The third-order valence-electron chi connectivity index (χ3n) is 5.40. The Morgan fingerprint density at radius 1 is 1.12 bits per heavy atom. The number of hydrogen-bond acceptors (Lipinski definition) is 6. The molecule has 11 heteroatoms. The molecule has 2 amide bonds. The average Bonchev–Trinajstić information content (AvgIpc) is 3.19. The van der Waals surface area contributed by atoms with Crippen LogP contribution in [0.1, 0.15) is 24.2 Å². The highest BCUT2D eigenvalue weighted by Gasteiger charge is 2.34. The van der Waals surface area contributed by atoms with Gasteiger partial charge in [0.1, 0.15) is 11.5 Å². The van der Waals surface area contributed by atoms with Crippen molar-refractivity contribution in [3.05, 3.63) is 53.1 Å². The summed E-state index contributed by atoms with van der Waals surface area (Å²) in [5.74, 6) is -0.535. The minimum atomic E-state index is -3.94. The van der Waals surface area contributed by atoms with Gasteiger partial charge in [0, 0.05) is 18.7 Å². The van der Waals surface area contributed by atoms with Gasteiger partial charge in [-0.3, -0.25) is 9.69 Å². The van der Waals surface area contributed by atoms with Crippen molar-refractivity contribution in [2.45, 2.75) is 31.0 Å². The van der Waals surface area contributed by atoms with E-state index >= 15 is 0 Å². The van der Waals surface area contributed by atoms with Gasteiger partial charge < -0.3 is 14.8 Å². The maximum absolute atomic E-state index is 13.3. The van der Waals surface area contributed by atoms with E-state index in [1.165, 1.54) is 27.4 Å². The van der Waals surface area contributed by atoms with Crippen LogP contribution in [0.3, 0.4) is 0 Å². The zero-order valence-corrected chi connectivity index (χ0v) is 19.7. The summed E-state index contributed by atoms with van der Waals surface area (Å²) in [5.41, 5.74) is 1.01. The fourth-order valence-corrected chi connectivity index (χ4v) is 6.02. The van der Waals surface area contributed by atoms with Crippen LogP contribution in [0.2, 0.25) is 5.02 Å². The summed E-state index contributed by atoms with van der Waals surface area (Å²) in [7, 11) is -3.94. The van der Waals surface area contributed by atoms with Gasteiger partial charge in [0.25, 0.3) is 5.91 Å². The molecule has 0 spiro atoms. The minimum absolute atomic E-state index is 0.0264. The lowest BCUT2D eigenvalue weighted by atomic mass is 10.2. The average molecular weight is 494 g/mol. The summed E-state index contributed by atoms with van der Waals surface area (Å²) in [6, 6.07) is 10.9. The molecule has 176 valence electrons. The molecule has 2 unspecified atom stereocenters. The molecule has 2 aromatic rings. The van der Waals surface area contributed by atoms with E-state index in [0.717, 1.165) is 0 Å². The van der Waals surface area contributed by atoms with Crippen LogP contribution in [-0.2, 0) is 19.5 Å². The van der Waals surface area contributed by atoms with E-state index in [4.69, 9.17) is 21.1 Å². The number of sulfonamides is 1. The number of nitrogens with zero attached hydrogens (tertiary/aromatic N) is 2. The molecule has 9 nitrogen and oxygen atoms in total. The Hall–Kier alpha value is -2.66. The molecule has 2 atom stereocenters. The van der Waals surface area contributed by atoms with Gasteiger partial charge in [0.05, 0.1) is 35.2 Å². The first-order chi connectivity index (χ1) is 15.7. The Kier molecular flexibility index (Phi) is 6.62. The monoisotopic (exact) mass is 493 g/mol. The first-order valence-electron chi connectivity index (χ1n) is 10.5. The van der Waals surface area contributed by atoms with Gasteiger partial charge in [0.2, 0.25) is 10.0 Å². The van der Waals surface area contributed by atoms with Gasteiger partial charge in [-0.15, -0.1) is 0 Å². The maximum Gasteiger partial charge on any atom is 0.414 e. The summed E-state index contributed by atoms with van der Waals surface area (Å²) < 4.78 is 38.5. The molecule has 0 aromatic heterocycles. The number of morpholine rings is 1. The van der Waals surface area contributed by atoms with Crippen LogP contribution in [0, 0.1) is 0 Å². The highest BCUT2D eigenvalue weighted by Crippen LogP contribution is 2.31.